The number of carbonyl (C=O) groups is 1. The first-order chi connectivity index (χ1) is 9.67. The average molecular weight is 282 g/mol. The third-order valence-corrected chi connectivity index (χ3v) is 3.03. The minimum Gasteiger partial charge on any atom is -0.383 e. The molecule has 1 rings (SSSR count). The number of hydrogen-bond donors (Lipinski definition) is 2. The highest BCUT2D eigenvalue weighted by molar-refractivity contribution is 5.76. The summed E-state index contributed by atoms with van der Waals surface area (Å²) in [5.74, 6) is -0.247. The Hall–Kier alpha value is -1.46. The molecule has 0 saturated carbocycles. The lowest BCUT2D eigenvalue weighted by Crippen LogP contribution is -2.31. The second kappa shape index (κ2) is 9.44. The van der Waals surface area contributed by atoms with E-state index in [9.17, 15) is 9.18 Å². The summed E-state index contributed by atoms with van der Waals surface area (Å²) in [6.07, 6.45) is 1.24. The van der Waals surface area contributed by atoms with E-state index in [4.69, 9.17) is 4.74 Å². The minimum absolute atomic E-state index is 0.0105. The van der Waals surface area contributed by atoms with Gasteiger partial charge in [0.05, 0.1) is 6.61 Å². The first-order valence-corrected chi connectivity index (χ1v) is 6.91. The molecular weight excluding hydrogens is 259 g/mol. The minimum atomic E-state index is -0.236. The largest absolute Gasteiger partial charge is 0.383 e. The molecule has 0 saturated heterocycles. The molecule has 4 nitrogen and oxygen atoms in total. The van der Waals surface area contributed by atoms with E-state index in [0.717, 1.165) is 12.0 Å². The summed E-state index contributed by atoms with van der Waals surface area (Å²) in [6, 6.07) is 6.62. The van der Waals surface area contributed by atoms with Crippen LogP contribution in [0.25, 0.3) is 0 Å². The molecule has 1 aromatic carbocycles. The molecule has 1 amide bonds. The maximum atomic E-state index is 13.2. The highest BCUT2D eigenvalue weighted by atomic mass is 19.1. The molecule has 1 unspecified atom stereocenters. The van der Waals surface area contributed by atoms with Crippen molar-refractivity contribution in [3.63, 3.8) is 0 Å². The Bertz CT molecular complexity index is 413. The fourth-order valence-corrected chi connectivity index (χ4v) is 1.96. The van der Waals surface area contributed by atoms with Crippen LogP contribution in [0.3, 0.4) is 0 Å². The number of benzene rings is 1. The van der Waals surface area contributed by atoms with E-state index in [1.807, 2.05) is 13.0 Å². The van der Waals surface area contributed by atoms with Crippen LogP contribution in [0.1, 0.15) is 31.4 Å². The van der Waals surface area contributed by atoms with E-state index in [1.165, 1.54) is 12.1 Å². The van der Waals surface area contributed by atoms with Gasteiger partial charge in [0.25, 0.3) is 0 Å². The van der Waals surface area contributed by atoms with Crippen molar-refractivity contribution < 1.29 is 13.9 Å². The zero-order valence-electron chi connectivity index (χ0n) is 12.1. The lowest BCUT2D eigenvalue weighted by molar-refractivity contribution is -0.121. The summed E-state index contributed by atoms with van der Waals surface area (Å²) < 4.78 is 18.0. The third-order valence-electron chi connectivity index (χ3n) is 3.03. The number of amides is 1. The fraction of sp³-hybridized carbons (Fsp3) is 0.533. The van der Waals surface area contributed by atoms with Gasteiger partial charge in [-0.3, -0.25) is 4.79 Å². The van der Waals surface area contributed by atoms with Crippen LogP contribution in [0.2, 0.25) is 0 Å². The number of rotatable bonds is 9. The molecule has 0 fully saturated rings. The molecule has 1 atom stereocenters. The van der Waals surface area contributed by atoms with Crippen LogP contribution in [0.4, 0.5) is 4.39 Å². The molecular formula is C15H23FN2O2. The smallest absolute Gasteiger partial charge is 0.221 e. The second-order valence-corrected chi connectivity index (χ2v) is 4.56. The van der Waals surface area contributed by atoms with Crippen molar-refractivity contribution in [1.29, 1.82) is 0 Å². The quantitative estimate of drug-likeness (QED) is 0.681. The van der Waals surface area contributed by atoms with Crippen LogP contribution in [0.5, 0.6) is 0 Å². The van der Waals surface area contributed by atoms with E-state index in [2.05, 4.69) is 10.6 Å². The standard InChI is InChI=1S/C15H23FN2O2/c1-3-14(12-5-4-6-13(16)11-12)17-8-7-15(19)18-9-10-20-2/h4-6,11,14,17H,3,7-10H2,1-2H3,(H,18,19). The average Bonchev–Trinajstić information content (AvgIpc) is 2.44. The van der Waals surface area contributed by atoms with Crippen molar-refractivity contribution in [3.8, 4) is 0 Å². The van der Waals surface area contributed by atoms with Crippen molar-refractivity contribution in [3.05, 3.63) is 35.6 Å². The van der Waals surface area contributed by atoms with Gasteiger partial charge in [0.1, 0.15) is 5.82 Å². The maximum absolute atomic E-state index is 13.2. The van der Waals surface area contributed by atoms with Gasteiger partial charge in [-0.05, 0) is 24.1 Å². The first kappa shape index (κ1) is 16.6. The topological polar surface area (TPSA) is 50.4 Å². The Kier molecular flexibility index (Phi) is 7.84. The summed E-state index contributed by atoms with van der Waals surface area (Å²) >= 11 is 0. The Morgan fingerprint density at radius 2 is 2.20 bits per heavy atom. The maximum Gasteiger partial charge on any atom is 0.221 e. The molecule has 112 valence electrons. The molecule has 0 aromatic heterocycles. The van der Waals surface area contributed by atoms with Gasteiger partial charge in [-0.15, -0.1) is 0 Å². The Labute approximate surface area is 119 Å². The van der Waals surface area contributed by atoms with Crippen molar-refractivity contribution in [2.24, 2.45) is 0 Å². The van der Waals surface area contributed by atoms with Crippen molar-refractivity contribution >= 4 is 5.91 Å². The summed E-state index contributed by atoms with van der Waals surface area (Å²) in [6.45, 7) is 3.63. The Morgan fingerprint density at radius 1 is 1.40 bits per heavy atom. The van der Waals surface area contributed by atoms with Gasteiger partial charge in [-0.2, -0.15) is 0 Å². The van der Waals surface area contributed by atoms with Crippen LogP contribution in [-0.2, 0) is 9.53 Å². The molecule has 0 aliphatic rings. The molecule has 0 aliphatic carbocycles. The van der Waals surface area contributed by atoms with E-state index in [1.54, 1.807) is 13.2 Å². The highest BCUT2D eigenvalue weighted by Gasteiger charge is 2.10. The van der Waals surface area contributed by atoms with Crippen LogP contribution in [0.15, 0.2) is 24.3 Å². The second-order valence-electron chi connectivity index (χ2n) is 4.56. The van der Waals surface area contributed by atoms with Crippen LogP contribution in [-0.4, -0.2) is 32.7 Å². The summed E-state index contributed by atoms with van der Waals surface area (Å²) in [5.41, 5.74) is 0.910. The Balaban J connectivity index is 2.33. The zero-order valence-corrected chi connectivity index (χ0v) is 12.1. The zero-order chi connectivity index (χ0) is 14.8. The predicted octanol–water partition coefficient (Wildman–Crippen LogP) is 2.02. The van der Waals surface area contributed by atoms with Crippen LogP contribution < -0.4 is 10.6 Å². The van der Waals surface area contributed by atoms with Crippen molar-refractivity contribution in [2.75, 3.05) is 26.8 Å². The van der Waals surface area contributed by atoms with E-state index in [-0.39, 0.29) is 17.8 Å². The van der Waals surface area contributed by atoms with Gasteiger partial charge in [0.2, 0.25) is 5.91 Å². The fourth-order valence-electron chi connectivity index (χ4n) is 1.96. The number of nitrogens with one attached hydrogen (secondary N) is 2. The van der Waals surface area contributed by atoms with Gasteiger partial charge in [-0.1, -0.05) is 19.1 Å². The molecule has 5 heteroatoms. The summed E-state index contributed by atoms with van der Waals surface area (Å²) in [4.78, 5) is 11.5. The van der Waals surface area contributed by atoms with E-state index < -0.39 is 0 Å². The molecule has 0 radical (unpaired) electrons. The molecule has 20 heavy (non-hydrogen) atoms. The SMILES string of the molecule is CCC(NCCC(=O)NCCOC)c1cccc(F)c1. The highest BCUT2D eigenvalue weighted by Crippen LogP contribution is 2.17. The molecule has 0 bridgehead atoms. The molecule has 2 N–H and O–H groups in total. The monoisotopic (exact) mass is 282 g/mol. The number of ether oxygens (including phenoxy) is 1. The van der Waals surface area contributed by atoms with E-state index >= 15 is 0 Å². The molecule has 0 heterocycles. The predicted molar refractivity (Wildman–Crippen MR) is 76.9 cm³/mol. The Morgan fingerprint density at radius 3 is 2.85 bits per heavy atom. The van der Waals surface area contributed by atoms with Gasteiger partial charge in [-0.25, -0.2) is 4.39 Å². The van der Waals surface area contributed by atoms with E-state index in [0.29, 0.717) is 26.1 Å². The first-order valence-electron chi connectivity index (χ1n) is 6.91. The van der Waals surface area contributed by atoms with Crippen LogP contribution >= 0.6 is 0 Å². The third kappa shape index (κ3) is 6.12. The lowest BCUT2D eigenvalue weighted by Gasteiger charge is -2.17. The normalized spacial score (nSPS) is 12.2. The van der Waals surface area contributed by atoms with Gasteiger partial charge in [0.15, 0.2) is 0 Å². The number of hydrogen-bond acceptors (Lipinski definition) is 3. The lowest BCUT2D eigenvalue weighted by atomic mass is 10.0. The van der Waals surface area contributed by atoms with Crippen molar-refractivity contribution in [1.82, 2.24) is 10.6 Å². The van der Waals surface area contributed by atoms with Gasteiger partial charge >= 0.3 is 0 Å². The summed E-state index contributed by atoms with van der Waals surface area (Å²) in [5, 5.41) is 6.04. The number of methoxy groups -OCH3 is 1. The van der Waals surface area contributed by atoms with Gasteiger partial charge in [0, 0.05) is 32.7 Å². The molecule has 0 aliphatic heterocycles. The number of carbonyl (C=O) groups excluding carboxylic acids is 1. The van der Waals surface area contributed by atoms with Gasteiger partial charge < -0.3 is 15.4 Å². The molecule has 1 aromatic rings. The van der Waals surface area contributed by atoms with Crippen molar-refractivity contribution in [2.45, 2.75) is 25.8 Å². The van der Waals surface area contributed by atoms with Crippen LogP contribution in [0, 0.1) is 5.82 Å². The number of halogens is 1. The molecule has 0 spiro atoms. The summed E-state index contributed by atoms with van der Waals surface area (Å²) in [7, 11) is 1.60.